The van der Waals surface area contributed by atoms with E-state index >= 15 is 0 Å². The van der Waals surface area contributed by atoms with E-state index in [1.165, 1.54) is 4.90 Å². The van der Waals surface area contributed by atoms with E-state index < -0.39 is 6.23 Å². The maximum absolute atomic E-state index is 8.99. The topological polar surface area (TPSA) is 50.7 Å². The lowest BCUT2D eigenvalue weighted by Gasteiger charge is -2.14. The van der Waals surface area contributed by atoms with Crippen LogP contribution in [-0.2, 0) is 0 Å². The number of quaternary nitrogens is 1. The second-order valence-electron chi connectivity index (χ2n) is 3.50. The van der Waals surface area contributed by atoms with Crippen molar-refractivity contribution in [3.63, 3.8) is 0 Å². The van der Waals surface area contributed by atoms with E-state index in [0.29, 0.717) is 0 Å². The number of hydrogen-bond acceptors (Lipinski definition) is 3. The molecule has 0 aromatic heterocycles. The first-order valence-corrected chi connectivity index (χ1v) is 5.50. The number of aliphatic hydroxyl groups excluding tert-OH is 1. The maximum atomic E-state index is 8.99. The summed E-state index contributed by atoms with van der Waals surface area (Å²) in [5.41, 5.74) is 5.31. The zero-order valence-corrected chi connectivity index (χ0v) is 9.03. The average Bonchev–Trinajstić information content (AvgIpc) is 1.97. The Morgan fingerprint density at radius 2 is 2.08 bits per heavy atom. The Hall–Kier alpha value is 0.230. The van der Waals surface area contributed by atoms with Gasteiger partial charge >= 0.3 is 0 Å². The van der Waals surface area contributed by atoms with Crippen molar-refractivity contribution in [2.75, 3.05) is 32.1 Å². The molecule has 4 N–H and O–H groups in total. The molecule has 4 heteroatoms. The van der Waals surface area contributed by atoms with Crippen molar-refractivity contribution in [2.24, 2.45) is 11.7 Å². The van der Waals surface area contributed by atoms with Crippen LogP contribution in [0.5, 0.6) is 0 Å². The number of thioether (sulfide) groups is 1. The molecule has 0 aliphatic heterocycles. The smallest absolute Gasteiger partial charge is 0.105 e. The van der Waals surface area contributed by atoms with Gasteiger partial charge in [-0.1, -0.05) is 6.92 Å². The van der Waals surface area contributed by atoms with Crippen LogP contribution in [0.3, 0.4) is 0 Å². The van der Waals surface area contributed by atoms with Crippen LogP contribution in [0.2, 0.25) is 0 Å². The third-order valence-electron chi connectivity index (χ3n) is 1.71. The first-order chi connectivity index (χ1) is 5.54. The van der Waals surface area contributed by atoms with Crippen LogP contribution in [0.15, 0.2) is 0 Å². The Bertz CT molecular complexity index is 109. The highest BCUT2D eigenvalue weighted by atomic mass is 32.2. The number of aliphatic hydroxyl groups is 1. The molecule has 0 radical (unpaired) electrons. The monoisotopic (exact) mass is 193 g/mol. The lowest BCUT2D eigenvalue weighted by Crippen LogP contribution is -3.06. The molecule has 3 nitrogen and oxygen atoms in total. The predicted octanol–water partition coefficient (Wildman–Crippen LogP) is -1.22. The van der Waals surface area contributed by atoms with Gasteiger partial charge in [-0.2, -0.15) is 11.8 Å². The number of rotatable bonds is 6. The lowest BCUT2D eigenvalue weighted by atomic mass is 10.2. The Kier molecular flexibility index (Phi) is 6.84. The molecule has 0 heterocycles. The molecule has 0 saturated heterocycles. The quantitative estimate of drug-likeness (QED) is 0.366. The van der Waals surface area contributed by atoms with Crippen molar-refractivity contribution in [3.05, 3.63) is 0 Å². The lowest BCUT2D eigenvalue weighted by molar-refractivity contribution is -0.855. The first kappa shape index (κ1) is 12.2. The molecule has 0 spiro atoms. The molecule has 0 fully saturated rings. The summed E-state index contributed by atoms with van der Waals surface area (Å²) in [6.07, 6.45) is -0.663. The first-order valence-electron chi connectivity index (χ1n) is 4.34. The van der Waals surface area contributed by atoms with Crippen LogP contribution in [0.25, 0.3) is 0 Å². The van der Waals surface area contributed by atoms with Crippen molar-refractivity contribution in [3.8, 4) is 0 Å². The molecule has 0 aliphatic rings. The fraction of sp³-hybridized carbons (Fsp3) is 1.00. The zero-order valence-electron chi connectivity index (χ0n) is 8.21. The zero-order chi connectivity index (χ0) is 9.56. The highest BCUT2D eigenvalue weighted by molar-refractivity contribution is 7.99. The van der Waals surface area contributed by atoms with Gasteiger partial charge in [0.2, 0.25) is 0 Å². The molecule has 0 rings (SSSR count). The summed E-state index contributed by atoms with van der Waals surface area (Å²) in [4.78, 5) is 1.46. The second kappa shape index (κ2) is 6.71. The van der Waals surface area contributed by atoms with Gasteiger partial charge in [-0.3, -0.25) is 0 Å². The summed E-state index contributed by atoms with van der Waals surface area (Å²) in [5.74, 6) is 2.29. The summed E-state index contributed by atoms with van der Waals surface area (Å²) in [6.45, 7) is 3.14. The van der Waals surface area contributed by atoms with Gasteiger partial charge in [0.15, 0.2) is 0 Å². The van der Waals surface area contributed by atoms with Gasteiger partial charge in [-0.15, -0.1) is 0 Å². The van der Waals surface area contributed by atoms with Gasteiger partial charge in [0, 0.05) is 11.7 Å². The molecule has 0 saturated carbocycles. The second-order valence-corrected chi connectivity index (χ2v) is 4.65. The van der Waals surface area contributed by atoms with E-state index in [9.17, 15) is 0 Å². The minimum Gasteiger partial charge on any atom is -0.379 e. The minimum atomic E-state index is -0.663. The highest BCUT2D eigenvalue weighted by Gasteiger charge is 2.08. The fourth-order valence-electron chi connectivity index (χ4n) is 0.644. The SMILES string of the molecule is CC(CSCC[NH+](C)C)C(N)O. The third kappa shape index (κ3) is 6.91. The molecule has 2 atom stereocenters. The van der Waals surface area contributed by atoms with Crippen LogP contribution in [0.1, 0.15) is 6.92 Å². The minimum absolute atomic E-state index is 0.201. The van der Waals surface area contributed by atoms with Crippen LogP contribution in [-0.4, -0.2) is 43.5 Å². The number of nitrogens with two attached hydrogens (primary N) is 1. The molecular formula is C8H21N2OS+. The van der Waals surface area contributed by atoms with Gasteiger partial charge in [-0.05, 0) is 5.75 Å². The predicted molar refractivity (Wildman–Crippen MR) is 54.4 cm³/mol. The molecule has 74 valence electrons. The maximum Gasteiger partial charge on any atom is 0.105 e. The van der Waals surface area contributed by atoms with Crippen LogP contribution in [0, 0.1) is 5.92 Å². The van der Waals surface area contributed by atoms with Crippen molar-refractivity contribution < 1.29 is 10.0 Å². The Labute approximate surface area is 79.3 Å². The van der Waals surface area contributed by atoms with E-state index in [2.05, 4.69) is 14.1 Å². The van der Waals surface area contributed by atoms with Crippen molar-refractivity contribution >= 4 is 11.8 Å². The van der Waals surface area contributed by atoms with E-state index in [1.54, 1.807) is 0 Å². The number of hydrogen-bond donors (Lipinski definition) is 3. The molecule has 2 unspecified atom stereocenters. The van der Waals surface area contributed by atoms with Crippen LogP contribution < -0.4 is 10.6 Å². The largest absolute Gasteiger partial charge is 0.379 e. The van der Waals surface area contributed by atoms with Crippen molar-refractivity contribution in [1.82, 2.24) is 0 Å². The summed E-state index contributed by atoms with van der Waals surface area (Å²) in [5, 5.41) is 8.99. The van der Waals surface area contributed by atoms with Crippen molar-refractivity contribution in [2.45, 2.75) is 13.2 Å². The fourth-order valence-corrected chi connectivity index (χ4v) is 1.93. The Morgan fingerprint density at radius 3 is 2.50 bits per heavy atom. The van der Waals surface area contributed by atoms with Gasteiger partial charge in [-0.25, -0.2) is 0 Å². The van der Waals surface area contributed by atoms with Crippen LogP contribution >= 0.6 is 11.8 Å². The molecule has 0 bridgehead atoms. The molecule has 0 amide bonds. The van der Waals surface area contributed by atoms with E-state index in [-0.39, 0.29) is 5.92 Å². The summed E-state index contributed by atoms with van der Waals surface area (Å²) in [6, 6.07) is 0. The molecule has 12 heavy (non-hydrogen) atoms. The van der Waals surface area contributed by atoms with Gasteiger partial charge in [0.25, 0.3) is 0 Å². The highest BCUT2D eigenvalue weighted by Crippen LogP contribution is 2.08. The molecule has 0 aromatic rings. The van der Waals surface area contributed by atoms with E-state index in [1.807, 2.05) is 18.7 Å². The Balaban J connectivity index is 3.20. The van der Waals surface area contributed by atoms with Gasteiger partial charge in [0.05, 0.1) is 20.6 Å². The van der Waals surface area contributed by atoms with Gasteiger partial charge < -0.3 is 15.7 Å². The van der Waals surface area contributed by atoms with Crippen LogP contribution in [0.4, 0.5) is 0 Å². The standard InChI is InChI=1S/C8H20N2OS/c1-7(8(9)11)6-12-5-4-10(2)3/h7-8,11H,4-6,9H2,1-3H3/p+1. The summed E-state index contributed by atoms with van der Waals surface area (Å²) < 4.78 is 0. The van der Waals surface area contributed by atoms with Crippen molar-refractivity contribution in [1.29, 1.82) is 0 Å². The molecule has 0 aromatic carbocycles. The average molecular weight is 193 g/mol. The third-order valence-corrected chi connectivity index (χ3v) is 2.96. The van der Waals surface area contributed by atoms with E-state index in [4.69, 9.17) is 10.8 Å². The van der Waals surface area contributed by atoms with Gasteiger partial charge in [0.1, 0.15) is 6.23 Å². The van der Waals surface area contributed by atoms with E-state index in [0.717, 1.165) is 18.1 Å². The summed E-state index contributed by atoms with van der Waals surface area (Å²) in [7, 11) is 4.28. The molecular weight excluding hydrogens is 172 g/mol. The summed E-state index contributed by atoms with van der Waals surface area (Å²) >= 11 is 1.86. The number of nitrogens with one attached hydrogen (secondary N) is 1. The molecule has 0 aliphatic carbocycles. The normalized spacial score (nSPS) is 16.5. The Morgan fingerprint density at radius 1 is 1.50 bits per heavy atom.